The summed E-state index contributed by atoms with van der Waals surface area (Å²) in [6, 6.07) is 4.02. The minimum Gasteiger partial charge on any atom is -0.481 e. The lowest BCUT2D eigenvalue weighted by molar-refractivity contribution is 0.182. The Hall–Kier alpha value is -2.57. The number of benzene rings is 1. The Morgan fingerprint density at radius 1 is 1.20 bits per heavy atom. The summed E-state index contributed by atoms with van der Waals surface area (Å²) < 4.78 is 43.4. The number of aromatic nitrogens is 2. The van der Waals surface area contributed by atoms with Gasteiger partial charge in [-0.3, -0.25) is 5.32 Å². The number of nitrogens with one attached hydrogen (secondary N) is 2. The molecule has 1 aromatic carbocycles. The van der Waals surface area contributed by atoms with Crippen molar-refractivity contribution >= 4 is 33.8 Å². The molecule has 0 saturated heterocycles. The Morgan fingerprint density at radius 3 is 2.47 bits per heavy atom. The first-order chi connectivity index (χ1) is 14.3. The van der Waals surface area contributed by atoms with Crippen molar-refractivity contribution in [1.82, 2.24) is 14.7 Å². The number of methoxy groups -OCH3 is 3. The molecule has 2 N–H and O–H groups in total. The Morgan fingerprint density at radius 2 is 1.87 bits per heavy atom. The Balaban J connectivity index is 1.89. The van der Waals surface area contributed by atoms with Crippen molar-refractivity contribution in [2.45, 2.75) is 35.0 Å². The Bertz CT molecular complexity index is 1040. The molecule has 10 nitrogen and oxygen atoms in total. The van der Waals surface area contributed by atoms with Crippen LogP contribution < -0.4 is 19.5 Å². The van der Waals surface area contributed by atoms with Crippen molar-refractivity contribution in [3.63, 3.8) is 0 Å². The van der Waals surface area contributed by atoms with Gasteiger partial charge in [0.1, 0.15) is 4.90 Å². The van der Waals surface area contributed by atoms with Crippen molar-refractivity contribution in [2.75, 3.05) is 26.6 Å². The number of urea groups is 1. The molecule has 1 aliphatic heterocycles. The highest BCUT2D eigenvalue weighted by atomic mass is 32.2. The SMILES string of the molecule is COCc1ccc2c(c1S(=O)(=O)NC(=O)Nc1nc(OC)cc(OC)n1)SC(C)C2. The fourth-order valence-electron chi connectivity index (χ4n) is 3.02. The minimum atomic E-state index is -4.19. The summed E-state index contributed by atoms with van der Waals surface area (Å²) >= 11 is 1.46. The first kappa shape index (κ1) is 22.1. The molecule has 12 heteroatoms. The molecule has 0 saturated carbocycles. The maximum absolute atomic E-state index is 13.1. The lowest BCUT2D eigenvalue weighted by Crippen LogP contribution is -2.35. The van der Waals surface area contributed by atoms with Crippen molar-refractivity contribution in [3.8, 4) is 11.8 Å². The normalized spacial score (nSPS) is 15.4. The van der Waals surface area contributed by atoms with Gasteiger partial charge < -0.3 is 14.2 Å². The second kappa shape index (κ2) is 9.06. The number of carbonyl (C=O) groups excluding carboxylic acids is 1. The van der Waals surface area contributed by atoms with Crippen LogP contribution in [0.5, 0.6) is 11.8 Å². The third-order valence-electron chi connectivity index (χ3n) is 4.22. The molecular formula is C18H22N4O6S2. The number of carbonyl (C=O) groups is 1. The fraction of sp³-hybridized carbons (Fsp3) is 0.389. The van der Waals surface area contributed by atoms with Crippen LogP contribution in [0, 0.1) is 0 Å². The summed E-state index contributed by atoms with van der Waals surface area (Å²) in [6.45, 7) is 2.11. The van der Waals surface area contributed by atoms with E-state index in [2.05, 4.69) is 15.3 Å². The average molecular weight is 455 g/mol. The summed E-state index contributed by atoms with van der Waals surface area (Å²) in [7, 11) is 0.0676. The summed E-state index contributed by atoms with van der Waals surface area (Å²) in [5, 5.41) is 2.53. The first-order valence-electron chi connectivity index (χ1n) is 8.88. The van der Waals surface area contributed by atoms with Crippen LogP contribution in [0.1, 0.15) is 18.1 Å². The molecule has 2 aromatic rings. The van der Waals surface area contributed by atoms with Gasteiger partial charge in [-0.25, -0.2) is 17.9 Å². The van der Waals surface area contributed by atoms with Crippen molar-refractivity contribution in [2.24, 2.45) is 0 Å². The topological polar surface area (TPSA) is 129 Å². The third-order valence-corrected chi connectivity index (χ3v) is 7.08. The largest absolute Gasteiger partial charge is 0.481 e. The van der Waals surface area contributed by atoms with Crippen molar-refractivity contribution in [1.29, 1.82) is 0 Å². The van der Waals surface area contributed by atoms with Crippen LogP contribution in [0.15, 0.2) is 28.0 Å². The molecule has 1 atom stereocenters. The molecular weight excluding hydrogens is 432 g/mol. The van der Waals surface area contributed by atoms with E-state index in [1.807, 2.05) is 17.7 Å². The number of hydrogen-bond acceptors (Lipinski definition) is 9. The van der Waals surface area contributed by atoms with Crippen LogP contribution in [0.25, 0.3) is 0 Å². The predicted molar refractivity (Wildman–Crippen MR) is 111 cm³/mol. The number of nitrogens with zero attached hydrogens (tertiary/aromatic N) is 2. The van der Waals surface area contributed by atoms with Crippen LogP contribution in [0.4, 0.5) is 10.7 Å². The zero-order valence-corrected chi connectivity index (χ0v) is 18.5. The van der Waals surface area contributed by atoms with Crippen molar-refractivity contribution < 1.29 is 27.4 Å². The number of thioether (sulfide) groups is 1. The highest BCUT2D eigenvalue weighted by Gasteiger charge is 2.31. The number of amides is 2. The number of anilines is 1. The lowest BCUT2D eigenvalue weighted by atomic mass is 10.1. The Kier molecular flexibility index (Phi) is 6.68. The van der Waals surface area contributed by atoms with Crippen LogP contribution in [-0.4, -0.2) is 51.0 Å². The maximum Gasteiger partial charge on any atom is 0.335 e. The van der Waals surface area contributed by atoms with Gasteiger partial charge in [-0.2, -0.15) is 9.97 Å². The number of sulfonamides is 1. The Labute approximate surface area is 178 Å². The fourth-order valence-corrected chi connectivity index (χ4v) is 5.94. The molecule has 0 aliphatic carbocycles. The molecule has 0 radical (unpaired) electrons. The van der Waals surface area contributed by atoms with Gasteiger partial charge in [0.2, 0.25) is 17.7 Å². The third kappa shape index (κ3) is 4.77. The molecule has 2 heterocycles. The van der Waals surface area contributed by atoms with Crippen LogP contribution in [-0.2, 0) is 27.8 Å². The van der Waals surface area contributed by atoms with E-state index in [1.54, 1.807) is 6.07 Å². The monoisotopic (exact) mass is 454 g/mol. The second-order valence-corrected chi connectivity index (χ2v) is 9.51. The number of hydrogen-bond donors (Lipinski definition) is 2. The van der Waals surface area contributed by atoms with E-state index >= 15 is 0 Å². The molecule has 30 heavy (non-hydrogen) atoms. The molecule has 2 amide bonds. The smallest absolute Gasteiger partial charge is 0.335 e. The highest BCUT2D eigenvalue weighted by Crippen LogP contribution is 2.42. The zero-order chi connectivity index (χ0) is 21.9. The van der Waals surface area contributed by atoms with E-state index in [1.165, 1.54) is 39.2 Å². The van der Waals surface area contributed by atoms with E-state index in [4.69, 9.17) is 14.2 Å². The van der Waals surface area contributed by atoms with E-state index in [9.17, 15) is 13.2 Å². The summed E-state index contributed by atoms with van der Waals surface area (Å²) in [6.07, 6.45) is 0.749. The summed E-state index contributed by atoms with van der Waals surface area (Å²) in [5.74, 6) is 0.125. The number of fused-ring (bicyclic) bond motifs is 1. The van der Waals surface area contributed by atoms with Crippen molar-refractivity contribution in [3.05, 3.63) is 29.3 Å². The molecule has 0 fully saturated rings. The minimum absolute atomic E-state index is 0.0514. The highest BCUT2D eigenvalue weighted by molar-refractivity contribution is 8.01. The van der Waals surface area contributed by atoms with Gasteiger partial charge in [-0.1, -0.05) is 19.1 Å². The first-order valence-corrected chi connectivity index (χ1v) is 11.2. The van der Waals surface area contributed by atoms with Gasteiger partial charge in [-0.05, 0) is 17.5 Å². The van der Waals surface area contributed by atoms with E-state index < -0.39 is 16.1 Å². The molecule has 1 unspecified atom stereocenters. The average Bonchev–Trinajstić information content (AvgIpc) is 3.06. The van der Waals surface area contributed by atoms with Gasteiger partial charge in [0, 0.05) is 17.3 Å². The molecule has 1 aromatic heterocycles. The van der Waals surface area contributed by atoms with Gasteiger partial charge in [-0.15, -0.1) is 11.8 Å². The molecule has 162 valence electrons. The van der Waals surface area contributed by atoms with E-state index in [0.29, 0.717) is 10.5 Å². The quantitative estimate of drug-likeness (QED) is 0.647. The van der Waals surface area contributed by atoms with E-state index in [-0.39, 0.29) is 34.5 Å². The van der Waals surface area contributed by atoms with Crippen LogP contribution >= 0.6 is 11.8 Å². The maximum atomic E-state index is 13.1. The zero-order valence-electron chi connectivity index (χ0n) is 16.9. The van der Waals surface area contributed by atoms with Crippen LogP contribution in [0.3, 0.4) is 0 Å². The van der Waals surface area contributed by atoms with Crippen LogP contribution in [0.2, 0.25) is 0 Å². The molecule has 3 rings (SSSR count). The predicted octanol–water partition coefficient (Wildman–Crippen LogP) is 2.19. The number of rotatable bonds is 7. The second-order valence-electron chi connectivity index (χ2n) is 6.44. The molecule has 0 bridgehead atoms. The summed E-state index contributed by atoms with van der Waals surface area (Å²) in [5.41, 5.74) is 1.39. The lowest BCUT2D eigenvalue weighted by Gasteiger charge is -2.15. The standard InChI is InChI=1S/C18H22N4O6S2/c1-10-7-11-5-6-12(9-26-2)16(15(11)29-10)30(24,25)22-18(23)21-17-19-13(27-3)8-14(20-17)28-4/h5-6,8,10H,7,9H2,1-4H3,(H2,19,20,21,22,23). The van der Waals surface area contributed by atoms with Gasteiger partial charge in [0.05, 0.1) is 26.9 Å². The molecule has 1 aliphatic rings. The van der Waals surface area contributed by atoms with Gasteiger partial charge >= 0.3 is 6.03 Å². The number of ether oxygens (including phenoxy) is 3. The van der Waals surface area contributed by atoms with Gasteiger partial charge in [0.15, 0.2) is 0 Å². The van der Waals surface area contributed by atoms with E-state index in [0.717, 1.165) is 12.0 Å². The van der Waals surface area contributed by atoms with Gasteiger partial charge in [0.25, 0.3) is 10.0 Å². The molecule has 0 spiro atoms. The summed E-state index contributed by atoms with van der Waals surface area (Å²) in [4.78, 5) is 21.0.